The van der Waals surface area contributed by atoms with Crippen LogP contribution in [0.15, 0.2) is 42.7 Å². The summed E-state index contributed by atoms with van der Waals surface area (Å²) in [6.07, 6.45) is 4.72. The van der Waals surface area contributed by atoms with E-state index in [1.807, 2.05) is 35.6 Å². The molecule has 7 rings (SSSR count). The van der Waals surface area contributed by atoms with E-state index in [-0.39, 0.29) is 35.1 Å². The predicted octanol–water partition coefficient (Wildman–Crippen LogP) is 3.25. The van der Waals surface area contributed by atoms with Crippen LogP contribution < -0.4 is 15.7 Å². The van der Waals surface area contributed by atoms with Crippen molar-refractivity contribution in [2.24, 2.45) is 18.9 Å². The molecule has 5 heterocycles. The highest BCUT2D eigenvalue weighted by atomic mass is 35.5. The maximum absolute atomic E-state index is 13.6. The molecule has 59 heavy (non-hydrogen) atoms. The van der Waals surface area contributed by atoms with Crippen molar-refractivity contribution < 1.29 is 33.5 Å². The number of benzene rings is 2. The number of piperazine rings is 1. The van der Waals surface area contributed by atoms with E-state index in [4.69, 9.17) is 27.9 Å². The number of methoxy groups -OCH3 is 1. The summed E-state index contributed by atoms with van der Waals surface area (Å²) in [5.41, 5.74) is 5.96. The Bertz CT molecular complexity index is 2240. The van der Waals surface area contributed by atoms with Gasteiger partial charge < -0.3 is 44.1 Å². The van der Waals surface area contributed by atoms with Gasteiger partial charge in [-0.3, -0.25) is 19.1 Å². The SMILES string of the molecule is COCCn1ncc(-c2cc(C)c(-c3cnc(C(=O)Nc4ccc(C(=O)N5CCN(C(=O)C6CC[N+](CC(=O)[O-])(CC7CNC7)CC6)CC5)c(Cl)c4)n3C)cc2Cl)c1C. The Kier molecular flexibility index (Phi) is 12.8. The average molecular weight is 849 g/mol. The zero-order valence-corrected chi connectivity index (χ0v) is 35.4. The minimum atomic E-state index is -1.05. The number of ether oxygens (including phenoxy) is 1. The summed E-state index contributed by atoms with van der Waals surface area (Å²) in [5, 5.41) is 22.9. The van der Waals surface area contributed by atoms with Gasteiger partial charge in [0, 0.05) is 111 Å². The third kappa shape index (κ3) is 9.04. The molecule has 0 unspecified atom stereocenters. The second-order valence-corrected chi connectivity index (χ2v) is 16.9. The number of amides is 3. The molecule has 15 nitrogen and oxygen atoms in total. The van der Waals surface area contributed by atoms with Crippen molar-refractivity contribution in [3.05, 3.63) is 75.4 Å². The van der Waals surface area contributed by atoms with Crippen LogP contribution in [0.2, 0.25) is 10.0 Å². The van der Waals surface area contributed by atoms with Crippen molar-refractivity contribution in [3.63, 3.8) is 0 Å². The molecule has 0 radical (unpaired) electrons. The zero-order chi connectivity index (χ0) is 42.0. The number of carbonyl (C=O) groups is 4. The summed E-state index contributed by atoms with van der Waals surface area (Å²) >= 11 is 13.5. The molecule has 0 spiro atoms. The Morgan fingerprint density at radius 3 is 2.31 bits per heavy atom. The molecule has 3 aliphatic heterocycles. The van der Waals surface area contributed by atoms with Crippen LogP contribution in [0.1, 0.15) is 45.1 Å². The van der Waals surface area contributed by atoms with E-state index in [9.17, 15) is 24.3 Å². The minimum absolute atomic E-state index is 0.0171. The number of aromatic nitrogens is 4. The Balaban J connectivity index is 0.939. The fraction of sp³-hybridized carbons (Fsp3) is 0.476. The van der Waals surface area contributed by atoms with E-state index >= 15 is 0 Å². The van der Waals surface area contributed by atoms with E-state index in [1.165, 1.54) is 0 Å². The van der Waals surface area contributed by atoms with Crippen LogP contribution >= 0.6 is 23.2 Å². The number of nitrogens with one attached hydrogen (secondary N) is 2. The number of hydrogen-bond donors (Lipinski definition) is 2. The Morgan fingerprint density at radius 2 is 1.66 bits per heavy atom. The molecule has 2 aromatic carbocycles. The van der Waals surface area contributed by atoms with Crippen molar-refractivity contribution >= 4 is 52.6 Å². The lowest BCUT2D eigenvalue weighted by Gasteiger charge is -2.47. The van der Waals surface area contributed by atoms with Gasteiger partial charge in [-0.05, 0) is 49.7 Å². The van der Waals surface area contributed by atoms with Crippen molar-refractivity contribution in [1.82, 2.24) is 34.4 Å². The van der Waals surface area contributed by atoms with Gasteiger partial charge in [-0.25, -0.2) is 4.98 Å². The summed E-state index contributed by atoms with van der Waals surface area (Å²) in [6, 6.07) is 8.66. The number of rotatable bonds is 13. The summed E-state index contributed by atoms with van der Waals surface area (Å²) in [4.78, 5) is 60.1. The van der Waals surface area contributed by atoms with Gasteiger partial charge in [0.05, 0.1) is 67.4 Å². The fourth-order valence-corrected chi connectivity index (χ4v) is 9.25. The van der Waals surface area contributed by atoms with Gasteiger partial charge in [0.1, 0.15) is 6.54 Å². The number of imidazole rings is 1. The number of carbonyl (C=O) groups excluding carboxylic acids is 4. The number of halogens is 2. The quantitative estimate of drug-likeness (QED) is 0.192. The van der Waals surface area contributed by atoms with E-state index < -0.39 is 11.9 Å². The van der Waals surface area contributed by atoms with Gasteiger partial charge in [-0.2, -0.15) is 5.10 Å². The number of aliphatic carboxylic acids is 1. The molecular weight excluding hydrogens is 797 g/mol. The molecule has 3 saturated heterocycles. The van der Waals surface area contributed by atoms with Crippen LogP contribution in [0.4, 0.5) is 5.69 Å². The molecule has 0 atom stereocenters. The first kappa shape index (κ1) is 42.3. The normalized spacial score (nSPS) is 19.7. The molecule has 3 amide bonds. The van der Waals surface area contributed by atoms with Crippen LogP contribution in [-0.2, 0) is 27.9 Å². The molecule has 3 fully saturated rings. The van der Waals surface area contributed by atoms with E-state index in [1.54, 1.807) is 54.2 Å². The molecule has 0 saturated carbocycles. The van der Waals surface area contributed by atoms with Crippen LogP contribution in [0.25, 0.3) is 22.4 Å². The summed E-state index contributed by atoms with van der Waals surface area (Å²) in [5.74, 6) is -1.21. The van der Waals surface area contributed by atoms with E-state index in [0.717, 1.165) is 47.6 Å². The maximum Gasteiger partial charge on any atom is 0.291 e. The van der Waals surface area contributed by atoms with Crippen molar-refractivity contribution in [3.8, 4) is 22.4 Å². The number of likely N-dealkylation sites (tertiary alicyclic amines) is 1. The number of nitrogens with zero attached hydrogens (tertiary/aromatic N) is 7. The highest BCUT2D eigenvalue weighted by Crippen LogP contribution is 2.37. The highest BCUT2D eigenvalue weighted by molar-refractivity contribution is 6.34. The lowest BCUT2D eigenvalue weighted by molar-refractivity contribution is -0.931. The van der Waals surface area contributed by atoms with Gasteiger partial charge >= 0.3 is 0 Å². The first-order chi connectivity index (χ1) is 28.3. The van der Waals surface area contributed by atoms with Gasteiger partial charge in [0.15, 0.2) is 5.82 Å². The van der Waals surface area contributed by atoms with E-state index in [2.05, 4.69) is 20.7 Å². The molecule has 2 N–H and O–H groups in total. The Morgan fingerprint density at radius 1 is 0.949 bits per heavy atom. The molecule has 314 valence electrons. The highest BCUT2D eigenvalue weighted by Gasteiger charge is 2.41. The third-order valence-electron chi connectivity index (χ3n) is 12.2. The van der Waals surface area contributed by atoms with Crippen molar-refractivity contribution in [2.45, 2.75) is 33.2 Å². The van der Waals surface area contributed by atoms with Gasteiger partial charge in [0.2, 0.25) is 5.91 Å². The zero-order valence-electron chi connectivity index (χ0n) is 33.9. The molecule has 0 aliphatic carbocycles. The molecule has 3 aliphatic rings. The molecule has 2 aromatic heterocycles. The number of hydrogen-bond acceptors (Lipinski definition) is 9. The van der Waals surface area contributed by atoms with Gasteiger partial charge in [-0.1, -0.05) is 23.2 Å². The molecular formula is C42H51Cl2N9O6. The first-order valence-corrected chi connectivity index (χ1v) is 20.8. The van der Waals surface area contributed by atoms with Crippen LogP contribution in [-0.4, -0.2) is 136 Å². The monoisotopic (exact) mass is 847 g/mol. The summed E-state index contributed by atoms with van der Waals surface area (Å²) < 4.78 is 9.27. The summed E-state index contributed by atoms with van der Waals surface area (Å²) in [6.45, 7) is 10.6. The number of quaternary nitrogens is 1. The van der Waals surface area contributed by atoms with Gasteiger partial charge in [-0.15, -0.1) is 0 Å². The predicted molar refractivity (Wildman–Crippen MR) is 222 cm³/mol. The number of anilines is 1. The third-order valence-corrected chi connectivity index (χ3v) is 12.9. The van der Waals surface area contributed by atoms with Gasteiger partial charge in [0.25, 0.3) is 11.8 Å². The number of carboxylic acid groups (broad SMARTS) is 1. The lowest BCUT2D eigenvalue weighted by Crippen LogP contribution is -2.63. The summed E-state index contributed by atoms with van der Waals surface area (Å²) in [7, 11) is 3.42. The minimum Gasteiger partial charge on any atom is -0.544 e. The van der Waals surface area contributed by atoms with Crippen LogP contribution in [0.5, 0.6) is 0 Å². The Labute approximate surface area is 353 Å². The average Bonchev–Trinajstić information content (AvgIpc) is 3.77. The van der Waals surface area contributed by atoms with Crippen molar-refractivity contribution in [1.29, 1.82) is 0 Å². The van der Waals surface area contributed by atoms with Crippen LogP contribution in [0.3, 0.4) is 0 Å². The first-order valence-electron chi connectivity index (χ1n) is 20.1. The second-order valence-electron chi connectivity index (χ2n) is 16.1. The molecule has 4 aromatic rings. The number of aryl methyl sites for hydroxylation is 1. The van der Waals surface area contributed by atoms with E-state index in [0.29, 0.717) is 97.6 Å². The largest absolute Gasteiger partial charge is 0.544 e. The maximum atomic E-state index is 13.6. The van der Waals surface area contributed by atoms with Crippen LogP contribution in [0, 0.1) is 25.7 Å². The molecule has 0 bridgehead atoms. The Hall–Kier alpha value is -4.80. The number of carboxylic acids is 1. The fourth-order valence-electron chi connectivity index (χ4n) is 8.73. The standard InChI is InChI=1S/C42H51Cl2N9O6/c1-26-17-33(34-22-47-52(27(34)2)13-16-59-4)36(44)19-32(26)37-23-46-39(49(37)3)40(56)48-30-5-6-31(35(43)18-30)42(58)51-11-9-50(10-12-51)41(57)29-7-14-53(15-8-29,25-38(54)55)24-28-20-45-21-28/h5-6,17-19,22-23,28-29,45H,7-16,20-21,24-25H2,1-4H3,(H-,48,54,55,56,58). The second kappa shape index (κ2) is 17.8. The number of piperidine rings is 1. The van der Waals surface area contributed by atoms with Crippen molar-refractivity contribution in [2.75, 3.05) is 84.5 Å². The topological polar surface area (TPSA) is 167 Å². The smallest absolute Gasteiger partial charge is 0.291 e. The molecule has 17 heteroatoms. The lowest BCUT2D eigenvalue weighted by atomic mass is 9.90.